The Balaban J connectivity index is 2.11. The molecule has 1 aliphatic heterocycles. The van der Waals surface area contributed by atoms with Crippen LogP contribution in [0.2, 0.25) is 0 Å². The third-order valence-corrected chi connectivity index (χ3v) is 7.99. The number of rotatable bonds is 3. The van der Waals surface area contributed by atoms with Gasteiger partial charge in [-0.1, -0.05) is 35.6 Å². The summed E-state index contributed by atoms with van der Waals surface area (Å²) in [4.78, 5) is 0. The average Bonchev–Trinajstić information content (AvgIpc) is 2.85. The van der Waals surface area contributed by atoms with Crippen LogP contribution < -0.4 is 0 Å². The van der Waals surface area contributed by atoms with Gasteiger partial charge in [-0.3, -0.25) is 0 Å². The summed E-state index contributed by atoms with van der Waals surface area (Å²) in [7, 11) is 0.0910. The third kappa shape index (κ3) is 2.47. The van der Waals surface area contributed by atoms with E-state index in [0.717, 1.165) is 23.2 Å². The Morgan fingerprint density at radius 3 is 1.75 bits per heavy atom. The van der Waals surface area contributed by atoms with Gasteiger partial charge in [-0.05, 0) is 61.7 Å². The van der Waals surface area contributed by atoms with Gasteiger partial charge in [-0.25, -0.2) is 0 Å². The highest BCUT2D eigenvalue weighted by Gasteiger charge is 2.43. The first-order chi connectivity index (χ1) is 7.61. The Hall–Kier alpha value is 0.430. The molecule has 1 saturated heterocycles. The molecule has 2 fully saturated rings. The molecule has 1 heteroatoms. The van der Waals surface area contributed by atoms with Crippen molar-refractivity contribution in [2.24, 2.45) is 11.8 Å². The van der Waals surface area contributed by atoms with Gasteiger partial charge in [0.15, 0.2) is 0 Å². The standard InChI is InChI=1S/C15H24P/c1-11(2)14-9-10-15(12(3)4)16(14)13-7-5-6-8-13/h5-8,11-12,14-15H,9-10H2,1-4H3/t14-,15-/m0/s1. The summed E-state index contributed by atoms with van der Waals surface area (Å²) in [5.41, 5.74) is 3.58. The van der Waals surface area contributed by atoms with Crippen molar-refractivity contribution < 1.29 is 0 Å². The van der Waals surface area contributed by atoms with Crippen LogP contribution in [0.1, 0.15) is 40.5 Å². The maximum Gasteiger partial charge on any atom is 0.00805 e. The molecule has 0 aromatic rings. The van der Waals surface area contributed by atoms with Crippen molar-refractivity contribution in [3.63, 3.8) is 0 Å². The van der Waals surface area contributed by atoms with E-state index in [9.17, 15) is 0 Å². The largest absolute Gasteiger partial charge is 0.0919 e. The predicted octanol–water partition coefficient (Wildman–Crippen LogP) is 4.67. The molecule has 0 aromatic heterocycles. The second-order valence-corrected chi connectivity index (χ2v) is 8.41. The SMILES string of the molecule is CC(C)[C@@H]1CC[C@@H](C(C)C)P1[C]1[CH][CH][CH][CH]1. The molecule has 16 heavy (non-hydrogen) atoms. The fourth-order valence-corrected chi connectivity index (χ4v) is 7.01. The van der Waals surface area contributed by atoms with Crippen molar-refractivity contribution in [2.75, 3.05) is 0 Å². The first kappa shape index (κ1) is 12.9. The molecule has 0 aromatic carbocycles. The van der Waals surface area contributed by atoms with Crippen molar-refractivity contribution >= 4 is 7.92 Å². The third-order valence-electron chi connectivity index (χ3n) is 3.96. The van der Waals surface area contributed by atoms with Gasteiger partial charge in [0, 0.05) is 5.66 Å². The van der Waals surface area contributed by atoms with Crippen LogP contribution in [0.4, 0.5) is 0 Å². The normalized spacial score (nSPS) is 33.4. The minimum absolute atomic E-state index is 0.0910. The first-order valence-electron chi connectivity index (χ1n) is 6.61. The topological polar surface area (TPSA) is 0 Å². The van der Waals surface area contributed by atoms with Crippen molar-refractivity contribution in [2.45, 2.75) is 51.9 Å². The lowest BCUT2D eigenvalue weighted by Gasteiger charge is -2.34. The quantitative estimate of drug-likeness (QED) is 0.623. The maximum atomic E-state index is 2.41. The van der Waals surface area contributed by atoms with Crippen molar-refractivity contribution in [3.8, 4) is 0 Å². The molecule has 0 N–H and O–H groups in total. The molecule has 0 nitrogen and oxygen atoms in total. The van der Waals surface area contributed by atoms with Gasteiger partial charge in [0.2, 0.25) is 0 Å². The highest BCUT2D eigenvalue weighted by Crippen LogP contribution is 2.68. The fraction of sp³-hybridized carbons (Fsp3) is 0.667. The molecular weight excluding hydrogens is 211 g/mol. The molecule has 0 spiro atoms. The molecule has 0 unspecified atom stereocenters. The zero-order chi connectivity index (χ0) is 11.7. The monoisotopic (exact) mass is 235 g/mol. The molecule has 0 bridgehead atoms. The van der Waals surface area contributed by atoms with E-state index in [1.165, 1.54) is 12.8 Å². The van der Waals surface area contributed by atoms with Crippen LogP contribution in [0.3, 0.4) is 0 Å². The van der Waals surface area contributed by atoms with Crippen LogP contribution in [-0.4, -0.2) is 11.3 Å². The van der Waals surface area contributed by atoms with Gasteiger partial charge in [0.25, 0.3) is 0 Å². The van der Waals surface area contributed by atoms with Crippen molar-refractivity contribution in [1.29, 1.82) is 0 Å². The summed E-state index contributed by atoms with van der Waals surface area (Å²) in [6, 6.07) is 0. The molecule has 1 aliphatic carbocycles. The van der Waals surface area contributed by atoms with Gasteiger partial charge in [-0.15, -0.1) is 0 Å². The van der Waals surface area contributed by atoms with Gasteiger partial charge in [0.05, 0.1) is 0 Å². The highest BCUT2D eigenvalue weighted by molar-refractivity contribution is 7.63. The van der Waals surface area contributed by atoms with Crippen LogP contribution >= 0.6 is 7.92 Å². The molecule has 89 valence electrons. The van der Waals surface area contributed by atoms with Gasteiger partial charge < -0.3 is 0 Å². The van der Waals surface area contributed by atoms with Crippen LogP contribution in [-0.2, 0) is 0 Å². The predicted molar refractivity (Wildman–Crippen MR) is 73.8 cm³/mol. The van der Waals surface area contributed by atoms with E-state index in [1.807, 2.05) is 0 Å². The summed E-state index contributed by atoms with van der Waals surface area (Å²) in [6.45, 7) is 9.63. The average molecular weight is 235 g/mol. The Kier molecular flexibility index (Phi) is 4.33. The second-order valence-electron chi connectivity index (χ2n) is 5.75. The molecule has 1 heterocycles. The number of hydrogen-bond acceptors (Lipinski definition) is 0. The van der Waals surface area contributed by atoms with E-state index in [-0.39, 0.29) is 7.92 Å². The zero-order valence-corrected chi connectivity index (χ0v) is 11.9. The maximum absolute atomic E-state index is 2.41. The lowest BCUT2D eigenvalue weighted by atomic mass is 10.0. The van der Waals surface area contributed by atoms with Crippen LogP contribution in [0, 0.1) is 43.2 Å². The van der Waals surface area contributed by atoms with E-state index in [4.69, 9.17) is 0 Å². The second kappa shape index (κ2) is 5.38. The van der Waals surface area contributed by atoms with Crippen molar-refractivity contribution in [1.82, 2.24) is 0 Å². The lowest BCUT2D eigenvalue weighted by Crippen LogP contribution is -2.17. The number of hydrogen-bond donors (Lipinski definition) is 0. The van der Waals surface area contributed by atoms with Gasteiger partial charge >= 0.3 is 0 Å². The Bertz CT molecular complexity index is 199. The molecule has 2 rings (SSSR count). The summed E-state index contributed by atoms with van der Waals surface area (Å²) in [5.74, 6) is 1.70. The van der Waals surface area contributed by atoms with E-state index in [1.54, 1.807) is 5.66 Å². The van der Waals surface area contributed by atoms with E-state index < -0.39 is 0 Å². The molecule has 2 atom stereocenters. The van der Waals surface area contributed by atoms with E-state index in [2.05, 4.69) is 53.4 Å². The molecule has 1 saturated carbocycles. The van der Waals surface area contributed by atoms with Crippen LogP contribution in [0.15, 0.2) is 0 Å². The minimum atomic E-state index is 0.0910. The molecule has 2 aliphatic rings. The summed E-state index contributed by atoms with van der Waals surface area (Å²) in [6.07, 6.45) is 12.1. The van der Waals surface area contributed by atoms with Crippen LogP contribution in [0.5, 0.6) is 0 Å². The summed E-state index contributed by atoms with van der Waals surface area (Å²) < 4.78 is 0. The molecule has 0 amide bonds. The Morgan fingerprint density at radius 1 is 0.938 bits per heavy atom. The molecular formula is C15H24P. The van der Waals surface area contributed by atoms with Crippen LogP contribution in [0.25, 0.3) is 0 Å². The minimum Gasteiger partial charge on any atom is -0.0919 e. The van der Waals surface area contributed by atoms with E-state index in [0.29, 0.717) is 0 Å². The highest BCUT2D eigenvalue weighted by atomic mass is 31.1. The Labute approximate surface area is 103 Å². The smallest absolute Gasteiger partial charge is 0.00805 e. The van der Waals surface area contributed by atoms with E-state index >= 15 is 0 Å². The Morgan fingerprint density at radius 2 is 1.38 bits per heavy atom. The van der Waals surface area contributed by atoms with Crippen molar-refractivity contribution in [3.05, 3.63) is 31.3 Å². The summed E-state index contributed by atoms with van der Waals surface area (Å²) in [5, 5.41) is 0. The van der Waals surface area contributed by atoms with Gasteiger partial charge in [0.1, 0.15) is 0 Å². The first-order valence-corrected chi connectivity index (χ1v) is 8.09. The fourth-order valence-electron chi connectivity index (χ4n) is 3.09. The van der Waals surface area contributed by atoms with Gasteiger partial charge in [-0.2, -0.15) is 0 Å². The molecule has 5 radical (unpaired) electrons. The summed E-state index contributed by atoms with van der Waals surface area (Å²) >= 11 is 0. The lowest BCUT2D eigenvalue weighted by molar-refractivity contribution is 0.543. The zero-order valence-electron chi connectivity index (χ0n) is 11.0.